The number of pyridine rings is 1. The van der Waals surface area contributed by atoms with E-state index < -0.39 is 0 Å². The van der Waals surface area contributed by atoms with Crippen LogP contribution in [0.1, 0.15) is 32.4 Å². The van der Waals surface area contributed by atoms with Crippen LogP contribution in [-0.4, -0.2) is 15.5 Å². The SMILES string of the molecule is CC(C)(C)SCC(N)c1cccc2cnccc12. The highest BCUT2D eigenvalue weighted by molar-refractivity contribution is 8.00. The van der Waals surface area contributed by atoms with Gasteiger partial charge in [-0.3, -0.25) is 4.98 Å². The quantitative estimate of drug-likeness (QED) is 0.913. The Morgan fingerprint density at radius 1 is 1.28 bits per heavy atom. The zero-order valence-corrected chi connectivity index (χ0v) is 12.0. The number of fused-ring (bicyclic) bond motifs is 1. The molecule has 0 aliphatic carbocycles. The van der Waals surface area contributed by atoms with Crippen LogP contribution in [0.4, 0.5) is 0 Å². The third-order valence-electron chi connectivity index (χ3n) is 2.81. The van der Waals surface area contributed by atoms with Gasteiger partial charge in [0, 0.05) is 34.3 Å². The summed E-state index contributed by atoms with van der Waals surface area (Å²) in [6, 6.07) is 8.37. The van der Waals surface area contributed by atoms with Crippen LogP contribution >= 0.6 is 11.8 Å². The van der Waals surface area contributed by atoms with Crippen LogP contribution < -0.4 is 5.73 Å². The first kappa shape index (κ1) is 13.4. The smallest absolute Gasteiger partial charge is 0.0393 e. The van der Waals surface area contributed by atoms with E-state index >= 15 is 0 Å². The lowest BCUT2D eigenvalue weighted by Crippen LogP contribution is -2.18. The van der Waals surface area contributed by atoms with Crippen LogP contribution in [0.5, 0.6) is 0 Å². The lowest BCUT2D eigenvalue weighted by atomic mass is 10.0. The topological polar surface area (TPSA) is 38.9 Å². The number of hydrogen-bond acceptors (Lipinski definition) is 3. The molecular weight excluding hydrogens is 240 g/mol. The lowest BCUT2D eigenvalue weighted by Gasteiger charge is -2.21. The number of nitrogens with two attached hydrogens (primary N) is 1. The minimum atomic E-state index is 0.0697. The molecule has 1 aromatic heterocycles. The summed E-state index contributed by atoms with van der Waals surface area (Å²) >= 11 is 1.90. The van der Waals surface area contributed by atoms with Crippen molar-refractivity contribution < 1.29 is 0 Å². The van der Waals surface area contributed by atoms with Crippen molar-refractivity contribution in [1.82, 2.24) is 4.98 Å². The maximum atomic E-state index is 6.33. The molecule has 96 valence electrons. The molecule has 0 amide bonds. The predicted molar refractivity (Wildman–Crippen MR) is 80.9 cm³/mol. The first-order valence-electron chi connectivity index (χ1n) is 6.19. The van der Waals surface area contributed by atoms with Gasteiger partial charge in [-0.25, -0.2) is 0 Å². The van der Waals surface area contributed by atoms with Crippen molar-refractivity contribution in [2.24, 2.45) is 5.73 Å². The fourth-order valence-electron chi connectivity index (χ4n) is 1.90. The number of hydrogen-bond donors (Lipinski definition) is 1. The molecule has 2 nitrogen and oxygen atoms in total. The Balaban J connectivity index is 2.25. The van der Waals surface area contributed by atoms with Crippen LogP contribution in [0.25, 0.3) is 10.8 Å². The summed E-state index contributed by atoms with van der Waals surface area (Å²) < 4.78 is 0.254. The van der Waals surface area contributed by atoms with Crippen molar-refractivity contribution >= 4 is 22.5 Å². The summed E-state index contributed by atoms with van der Waals surface area (Å²) in [7, 11) is 0. The maximum Gasteiger partial charge on any atom is 0.0393 e. The second-order valence-electron chi connectivity index (χ2n) is 5.47. The lowest BCUT2D eigenvalue weighted by molar-refractivity contribution is 0.781. The highest BCUT2D eigenvalue weighted by Crippen LogP contribution is 2.29. The van der Waals surface area contributed by atoms with E-state index in [2.05, 4.69) is 44.0 Å². The zero-order valence-electron chi connectivity index (χ0n) is 11.2. The molecule has 0 aliphatic heterocycles. The second kappa shape index (κ2) is 5.29. The Kier molecular flexibility index (Phi) is 3.93. The number of nitrogens with zero attached hydrogens (tertiary/aromatic N) is 1. The van der Waals surface area contributed by atoms with Gasteiger partial charge in [0.15, 0.2) is 0 Å². The molecule has 1 unspecified atom stereocenters. The van der Waals surface area contributed by atoms with Crippen molar-refractivity contribution in [3.63, 3.8) is 0 Å². The summed E-state index contributed by atoms with van der Waals surface area (Å²) in [5.41, 5.74) is 7.54. The normalized spacial score (nSPS) is 13.8. The van der Waals surface area contributed by atoms with Crippen molar-refractivity contribution in [2.45, 2.75) is 31.6 Å². The molecule has 0 saturated heterocycles. The first-order chi connectivity index (χ1) is 8.47. The third-order valence-corrected chi connectivity index (χ3v) is 4.20. The summed E-state index contributed by atoms with van der Waals surface area (Å²) in [6.07, 6.45) is 3.72. The fourth-order valence-corrected chi connectivity index (χ4v) is 2.76. The Morgan fingerprint density at radius 2 is 2.06 bits per heavy atom. The van der Waals surface area contributed by atoms with Gasteiger partial charge in [-0.15, -0.1) is 0 Å². The van der Waals surface area contributed by atoms with Gasteiger partial charge >= 0.3 is 0 Å². The largest absolute Gasteiger partial charge is 0.323 e. The Hall–Kier alpha value is -1.06. The molecule has 2 N–H and O–H groups in total. The van der Waals surface area contributed by atoms with Gasteiger partial charge in [-0.1, -0.05) is 39.0 Å². The number of rotatable bonds is 3. The fraction of sp³-hybridized carbons (Fsp3) is 0.400. The van der Waals surface area contributed by atoms with E-state index in [1.54, 1.807) is 0 Å². The predicted octanol–water partition coefficient (Wildman–Crippen LogP) is 3.77. The van der Waals surface area contributed by atoms with Crippen LogP contribution in [0.15, 0.2) is 36.7 Å². The van der Waals surface area contributed by atoms with E-state index in [1.165, 1.54) is 10.9 Å². The molecule has 2 rings (SSSR count). The molecule has 0 spiro atoms. The van der Waals surface area contributed by atoms with E-state index in [0.717, 1.165) is 11.1 Å². The standard InChI is InChI=1S/C15H20N2S/c1-15(2,3)18-10-14(16)13-6-4-5-11-9-17-8-7-12(11)13/h4-9,14H,10,16H2,1-3H3. The maximum absolute atomic E-state index is 6.33. The molecule has 0 bridgehead atoms. The van der Waals surface area contributed by atoms with E-state index in [-0.39, 0.29) is 10.8 Å². The minimum absolute atomic E-state index is 0.0697. The van der Waals surface area contributed by atoms with Gasteiger partial charge in [0.1, 0.15) is 0 Å². The monoisotopic (exact) mass is 260 g/mol. The van der Waals surface area contributed by atoms with E-state index in [4.69, 9.17) is 5.73 Å². The first-order valence-corrected chi connectivity index (χ1v) is 7.18. The molecule has 3 heteroatoms. The van der Waals surface area contributed by atoms with Gasteiger partial charge in [0.25, 0.3) is 0 Å². The molecule has 2 aromatic rings. The number of thioether (sulfide) groups is 1. The Morgan fingerprint density at radius 3 is 2.78 bits per heavy atom. The minimum Gasteiger partial charge on any atom is -0.323 e. The third kappa shape index (κ3) is 3.24. The number of benzene rings is 1. The van der Waals surface area contributed by atoms with Crippen LogP contribution in [0.3, 0.4) is 0 Å². The van der Waals surface area contributed by atoms with Gasteiger partial charge in [0.2, 0.25) is 0 Å². The van der Waals surface area contributed by atoms with Gasteiger partial charge in [-0.2, -0.15) is 11.8 Å². The summed E-state index contributed by atoms with van der Waals surface area (Å²) in [5, 5.41) is 2.38. The van der Waals surface area contributed by atoms with Crippen LogP contribution in [0, 0.1) is 0 Å². The van der Waals surface area contributed by atoms with Gasteiger partial charge in [0.05, 0.1) is 0 Å². The van der Waals surface area contributed by atoms with E-state index in [9.17, 15) is 0 Å². The highest BCUT2D eigenvalue weighted by atomic mass is 32.2. The van der Waals surface area contributed by atoms with Crippen molar-refractivity contribution in [1.29, 1.82) is 0 Å². The Bertz CT molecular complexity index is 526. The average Bonchev–Trinajstić information content (AvgIpc) is 2.34. The number of aromatic nitrogens is 1. The van der Waals surface area contributed by atoms with E-state index in [0.29, 0.717) is 0 Å². The summed E-state index contributed by atoms with van der Waals surface area (Å²) in [5.74, 6) is 0.935. The van der Waals surface area contributed by atoms with Crippen molar-refractivity contribution in [3.05, 3.63) is 42.2 Å². The molecule has 0 aliphatic rings. The van der Waals surface area contributed by atoms with Gasteiger partial charge in [-0.05, 0) is 17.0 Å². The molecule has 0 radical (unpaired) electrons. The Labute approximate surface area is 113 Å². The molecule has 1 aromatic carbocycles. The molecular formula is C15H20N2S. The molecule has 0 fully saturated rings. The van der Waals surface area contributed by atoms with Gasteiger partial charge < -0.3 is 5.73 Å². The summed E-state index contributed by atoms with van der Waals surface area (Å²) in [4.78, 5) is 4.15. The average molecular weight is 260 g/mol. The van der Waals surface area contributed by atoms with Crippen LogP contribution in [0.2, 0.25) is 0 Å². The summed E-state index contributed by atoms with van der Waals surface area (Å²) in [6.45, 7) is 6.66. The zero-order chi connectivity index (χ0) is 13.2. The molecule has 0 saturated carbocycles. The van der Waals surface area contributed by atoms with Crippen LogP contribution in [-0.2, 0) is 0 Å². The van der Waals surface area contributed by atoms with E-state index in [1.807, 2.05) is 30.2 Å². The molecule has 18 heavy (non-hydrogen) atoms. The van der Waals surface area contributed by atoms with Crippen molar-refractivity contribution in [3.8, 4) is 0 Å². The van der Waals surface area contributed by atoms with Crippen molar-refractivity contribution in [2.75, 3.05) is 5.75 Å². The second-order valence-corrected chi connectivity index (χ2v) is 7.32. The highest BCUT2D eigenvalue weighted by Gasteiger charge is 2.15. The molecule has 1 heterocycles. The molecule has 1 atom stereocenters.